The van der Waals surface area contributed by atoms with E-state index in [4.69, 9.17) is 9.15 Å². The number of methoxy groups -OCH3 is 1. The normalized spacial score (nSPS) is 10.4. The van der Waals surface area contributed by atoms with Gasteiger partial charge in [0.05, 0.1) is 26.3 Å². The van der Waals surface area contributed by atoms with Crippen molar-refractivity contribution in [1.82, 2.24) is 4.90 Å². The molecule has 0 atom stereocenters. The van der Waals surface area contributed by atoms with Crippen molar-refractivity contribution in [3.8, 4) is 5.75 Å². The van der Waals surface area contributed by atoms with E-state index in [1.54, 1.807) is 13.4 Å². The molecule has 0 aliphatic carbocycles. The van der Waals surface area contributed by atoms with Gasteiger partial charge in [0.2, 0.25) is 5.91 Å². The van der Waals surface area contributed by atoms with Crippen LogP contribution in [0.1, 0.15) is 16.9 Å². The molecule has 4 nitrogen and oxygen atoms in total. The van der Waals surface area contributed by atoms with Gasteiger partial charge in [0.25, 0.3) is 0 Å². The summed E-state index contributed by atoms with van der Waals surface area (Å²) in [5, 5.41) is 0. The molecule has 4 heteroatoms. The summed E-state index contributed by atoms with van der Waals surface area (Å²) in [5.74, 6) is 1.58. The third-order valence-corrected chi connectivity index (χ3v) is 3.99. The second-order valence-corrected chi connectivity index (χ2v) is 5.84. The van der Waals surface area contributed by atoms with Crippen molar-refractivity contribution in [3.05, 3.63) is 89.9 Å². The highest BCUT2D eigenvalue weighted by Crippen LogP contribution is 2.16. The lowest BCUT2D eigenvalue weighted by molar-refractivity contribution is -0.132. The van der Waals surface area contributed by atoms with E-state index >= 15 is 0 Å². The summed E-state index contributed by atoms with van der Waals surface area (Å²) < 4.78 is 10.7. The molecule has 0 unspecified atom stereocenters. The summed E-state index contributed by atoms with van der Waals surface area (Å²) >= 11 is 0. The Morgan fingerprint density at radius 1 is 0.960 bits per heavy atom. The molecule has 0 saturated carbocycles. The molecule has 128 valence electrons. The molecule has 0 saturated heterocycles. The molecule has 0 N–H and O–H groups in total. The van der Waals surface area contributed by atoms with Crippen LogP contribution in [0, 0.1) is 0 Å². The van der Waals surface area contributed by atoms with Crippen molar-refractivity contribution >= 4 is 5.91 Å². The van der Waals surface area contributed by atoms with E-state index in [0.29, 0.717) is 19.5 Å². The SMILES string of the molecule is COc1cccc(CC(=O)N(Cc2ccccc2)Cc2ccco2)c1. The maximum Gasteiger partial charge on any atom is 0.227 e. The Labute approximate surface area is 147 Å². The molecule has 0 bridgehead atoms. The molecule has 0 aliphatic rings. The van der Waals surface area contributed by atoms with Crippen LogP contribution < -0.4 is 4.74 Å². The fraction of sp³-hybridized carbons (Fsp3) is 0.190. The second-order valence-electron chi connectivity index (χ2n) is 5.84. The van der Waals surface area contributed by atoms with E-state index in [-0.39, 0.29) is 5.91 Å². The van der Waals surface area contributed by atoms with Gasteiger partial charge in [0.1, 0.15) is 11.5 Å². The van der Waals surface area contributed by atoms with Gasteiger partial charge in [-0.25, -0.2) is 0 Å². The van der Waals surface area contributed by atoms with E-state index in [9.17, 15) is 4.79 Å². The molecule has 1 amide bonds. The third-order valence-electron chi connectivity index (χ3n) is 3.99. The molecule has 2 aromatic carbocycles. The van der Waals surface area contributed by atoms with Gasteiger partial charge in [-0.05, 0) is 35.4 Å². The summed E-state index contributed by atoms with van der Waals surface area (Å²) in [6, 6.07) is 21.3. The number of hydrogen-bond acceptors (Lipinski definition) is 3. The molecule has 0 radical (unpaired) electrons. The zero-order valence-electron chi connectivity index (χ0n) is 14.2. The third kappa shape index (κ3) is 4.73. The minimum Gasteiger partial charge on any atom is -0.497 e. The summed E-state index contributed by atoms with van der Waals surface area (Å²) in [5.41, 5.74) is 2.02. The van der Waals surface area contributed by atoms with Crippen molar-refractivity contribution in [3.63, 3.8) is 0 Å². The van der Waals surface area contributed by atoms with Crippen LogP contribution in [0.25, 0.3) is 0 Å². The van der Waals surface area contributed by atoms with Crippen LogP contribution in [-0.2, 0) is 24.3 Å². The zero-order chi connectivity index (χ0) is 17.5. The first-order valence-electron chi connectivity index (χ1n) is 8.21. The van der Waals surface area contributed by atoms with Crippen molar-refractivity contribution in [1.29, 1.82) is 0 Å². The van der Waals surface area contributed by atoms with Gasteiger partial charge in [-0.15, -0.1) is 0 Å². The molecule has 1 aromatic heterocycles. The molecular formula is C21H21NO3. The predicted molar refractivity (Wildman–Crippen MR) is 96.1 cm³/mol. The molecule has 3 rings (SSSR count). The van der Waals surface area contributed by atoms with Crippen LogP contribution in [0.5, 0.6) is 5.75 Å². The van der Waals surface area contributed by atoms with Gasteiger partial charge in [-0.1, -0.05) is 42.5 Å². The Kier molecular flexibility index (Phi) is 5.52. The molecule has 0 fully saturated rings. The van der Waals surface area contributed by atoms with Gasteiger partial charge < -0.3 is 14.1 Å². The standard InChI is InChI=1S/C21H21NO3/c1-24-19-10-5-9-18(13-19)14-21(23)22(16-20-11-6-12-25-20)15-17-7-3-2-4-8-17/h2-13H,14-16H2,1H3. The first kappa shape index (κ1) is 16.8. The highest BCUT2D eigenvalue weighted by atomic mass is 16.5. The highest BCUT2D eigenvalue weighted by Gasteiger charge is 2.16. The van der Waals surface area contributed by atoms with Crippen LogP contribution >= 0.6 is 0 Å². The fourth-order valence-corrected chi connectivity index (χ4v) is 2.70. The van der Waals surface area contributed by atoms with Crippen LogP contribution in [-0.4, -0.2) is 17.9 Å². The quantitative estimate of drug-likeness (QED) is 0.654. The lowest BCUT2D eigenvalue weighted by Gasteiger charge is -2.22. The van der Waals surface area contributed by atoms with E-state index in [1.165, 1.54) is 0 Å². The van der Waals surface area contributed by atoms with Crippen molar-refractivity contribution in [2.75, 3.05) is 7.11 Å². The number of nitrogens with zero attached hydrogens (tertiary/aromatic N) is 1. The Morgan fingerprint density at radius 3 is 2.48 bits per heavy atom. The van der Waals surface area contributed by atoms with E-state index in [0.717, 1.165) is 22.6 Å². The van der Waals surface area contributed by atoms with Crippen LogP contribution in [0.4, 0.5) is 0 Å². The topological polar surface area (TPSA) is 42.7 Å². The number of amides is 1. The highest BCUT2D eigenvalue weighted by molar-refractivity contribution is 5.78. The zero-order valence-corrected chi connectivity index (χ0v) is 14.2. The lowest BCUT2D eigenvalue weighted by atomic mass is 10.1. The Bertz CT molecular complexity index is 797. The predicted octanol–water partition coefficient (Wildman–Crippen LogP) is 4.06. The van der Waals surface area contributed by atoms with Crippen LogP contribution in [0.2, 0.25) is 0 Å². The molecule has 0 spiro atoms. The largest absolute Gasteiger partial charge is 0.497 e. The maximum absolute atomic E-state index is 12.9. The van der Waals surface area contributed by atoms with Crippen molar-refractivity contribution in [2.24, 2.45) is 0 Å². The van der Waals surface area contributed by atoms with E-state index in [1.807, 2.05) is 71.6 Å². The number of benzene rings is 2. The molecular weight excluding hydrogens is 314 g/mol. The fourth-order valence-electron chi connectivity index (χ4n) is 2.70. The summed E-state index contributed by atoms with van der Waals surface area (Å²) in [7, 11) is 1.62. The first-order chi connectivity index (χ1) is 12.2. The minimum absolute atomic E-state index is 0.0495. The minimum atomic E-state index is 0.0495. The van der Waals surface area contributed by atoms with Crippen molar-refractivity contribution in [2.45, 2.75) is 19.5 Å². The number of rotatable bonds is 7. The number of carbonyl (C=O) groups excluding carboxylic acids is 1. The molecule has 0 aliphatic heterocycles. The average Bonchev–Trinajstić information content (AvgIpc) is 3.15. The summed E-state index contributed by atoms with van der Waals surface area (Å²) in [6.07, 6.45) is 1.95. The summed E-state index contributed by atoms with van der Waals surface area (Å²) in [6.45, 7) is 0.995. The van der Waals surface area contributed by atoms with Gasteiger partial charge in [0, 0.05) is 6.54 Å². The lowest BCUT2D eigenvalue weighted by Crippen LogP contribution is -2.31. The number of carbonyl (C=O) groups is 1. The Balaban J connectivity index is 1.76. The molecule has 25 heavy (non-hydrogen) atoms. The number of hydrogen-bond donors (Lipinski definition) is 0. The average molecular weight is 335 g/mol. The van der Waals surface area contributed by atoms with Gasteiger partial charge >= 0.3 is 0 Å². The number of ether oxygens (including phenoxy) is 1. The summed E-state index contributed by atoms with van der Waals surface area (Å²) in [4.78, 5) is 14.7. The molecule has 3 aromatic rings. The first-order valence-corrected chi connectivity index (χ1v) is 8.21. The smallest absolute Gasteiger partial charge is 0.227 e. The van der Waals surface area contributed by atoms with Crippen LogP contribution in [0.15, 0.2) is 77.4 Å². The van der Waals surface area contributed by atoms with E-state index in [2.05, 4.69) is 0 Å². The molecule has 1 heterocycles. The number of furan rings is 1. The van der Waals surface area contributed by atoms with E-state index < -0.39 is 0 Å². The van der Waals surface area contributed by atoms with Gasteiger partial charge in [-0.3, -0.25) is 4.79 Å². The van der Waals surface area contributed by atoms with Gasteiger partial charge in [0.15, 0.2) is 0 Å². The maximum atomic E-state index is 12.9. The monoisotopic (exact) mass is 335 g/mol. The Hall–Kier alpha value is -3.01. The van der Waals surface area contributed by atoms with Crippen molar-refractivity contribution < 1.29 is 13.9 Å². The van der Waals surface area contributed by atoms with Crippen LogP contribution in [0.3, 0.4) is 0 Å². The second kappa shape index (κ2) is 8.20. The van der Waals surface area contributed by atoms with Gasteiger partial charge in [-0.2, -0.15) is 0 Å². The Morgan fingerprint density at radius 2 is 1.76 bits per heavy atom.